The van der Waals surface area contributed by atoms with E-state index in [0.717, 1.165) is 12.0 Å². The first-order valence-electron chi connectivity index (χ1n) is 13.2. The largest absolute Gasteiger partial charge is 0.458 e. The van der Waals surface area contributed by atoms with Gasteiger partial charge in [-0.1, -0.05) is 46.3 Å². The predicted molar refractivity (Wildman–Crippen MR) is 132 cm³/mol. The van der Waals surface area contributed by atoms with Gasteiger partial charge in [0.25, 0.3) is 0 Å². The van der Waals surface area contributed by atoms with E-state index in [2.05, 4.69) is 34.6 Å². The molecule has 4 unspecified atom stereocenters. The van der Waals surface area contributed by atoms with Crippen molar-refractivity contribution >= 4 is 17.5 Å². The van der Waals surface area contributed by atoms with E-state index in [1.165, 1.54) is 6.92 Å². The second-order valence-electron chi connectivity index (χ2n) is 13.2. The molecule has 5 aliphatic rings. The average molecular weight is 501 g/mol. The van der Waals surface area contributed by atoms with Gasteiger partial charge in [-0.15, -0.1) is 0 Å². The summed E-state index contributed by atoms with van der Waals surface area (Å²) in [6.07, 6.45) is 5.81. The SMILES string of the molecule is CC(=O)OCC(=O)[C@@]12OC(C)(C)O[C@@H]1C[C@@]1(C)C3C[C@H](C)C4=CC(=O)C=CC4(C)[C@@]3(C)C(O)CC12C. The number of rotatable bonds is 3. The molecule has 9 atom stereocenters. The van der Waals surface area contributed by atoms with Crippen molar-refractivity contribution in [3.05, 3.63) is 23.8 Å². The minimum atomic E-state index is -1.35. The molecule has 0 aromatic heterocycles. The molecule has 5 rings (SSSR count). The van der Waals surface area contributed by atoms with Crippen molar-refractivity contribution in [2.24, 2.45) is 33.5 Å². The number of hydrogen-bond acceptors (Lipinski definition) is 7. The summed E-state index contributed by atoms with van der Waals surface area (Å²) in [5, 5.41) is 12.1. The van der Waals surface area contributed by atoms with Gasteiger partial charge in [-0.25, -0.2) is 0 Å². The lowest BCUT2D eigenvalue weighted by Crippen LogP contribution is -2.71. The Balaban J connectivity index is 1.67. The Morgan fingerprint density at radius 2 is 1.81 bits per heavy atom. The highest BCUT2D eigenvalue weighted by Crippen LogP contribution is 2.79. The molecule has 4 fully saturated rings. The quantitative estimate of drug-likeness (QED) is 0.586. The van der Waals surface area contributed by atoms with E-state index in [9.17, 15) is 19.5 Å². The fourth-order valence-corrected chi connectivity index (χ4v) is 9.35. The Labute approximate surface area is 213 Å². The molecule has 7 nitrogen and oxygen atoms in total. The lowest BCUT2D eigenvalue weighted by Gasteiger charge is -2.70. The van der Waals surface area contributed by atoms with Crippen LogP contribution in [0.2, 0.25) is 0 Å². The number of ether oxygens (including phenoxy) is 3. The van der Waals surface area contributed by atoms with Gasteiger partial charge in [0.1, 0.15) is 0 Å². The van der Waals surface area contributed by atoms with Crippen molar-refractivity contribution < 1.29 is 33.7 Å². The van der Waals surface area contributed by atoms with Crippen LogP contribution in [0, 0.1) is 33.5 Å². The van der Waals surface area contributed by atoms with E-state index in [4.69, 9.17) is 14.2 Å². The molecule has 198 valence electrons. The highest BCUT2D eigenvalue weighted by atomic mass is 16.8. The van der Waals surface area contributed by atoms with E-state index in [1.54, 1.807) is 26.0 Å². The number of ketones is 2. The van der Waals surface area contributed by atoms with Crippen LogP contribution in [0.3, 0.4) is 0 Å². The van der Waals surface area contributed by atoms with Crippen molar-refractivity contribution in [3.8, 4) is 0 Å². The summed E-state index contributed by atoms with van der Waals surface area (Å²) in [5.74, 6) is -1.67. The monoisotopic (exact) mass is 500 g/mol. The van der Waals surface area contributed by atoms with E-state index in [-0.39, 0.29) is 30.0 Å². The first-order valence-corrected chi connectivity index (χ1v) is 13.2. The van der Waals surface area contributed by atoms with Gasteiger partial charge in [-0.05, 0) is 62.5 Å². The Morgan fingerprint density at radius 3 is 2.44 bits per heavy atom. The fraction of sp³-hybridized carbons (Fsp3) is 0.759. The average Bonchev–Trinajstić information content (AvgIpc) is 3.14. The van der Waals surface area contributed by atoms with E-state index in [1.807, 2.05) is 6.08 Å². The number of allylic oxidation sites excluding steroid dienone is 4. The van der Waals surface area contributed by atoms with Crippen LogP contribution >= 0.6 is 0 Å². The molecule has 1 heterocycles. The second kappa shape index (κ2) is 7.39. The molecule has 0 bridgehead atoms. The number of fused-ring (bicyclic) bond motifs is 7. The van der Waals surface area contributed by atoms with Gasteiger partial charge < -0.3 is 19.3 Å². The molecule has 0 radical (unpaired) electrons. The van der Waals surface area contributed by atoms with E-state index >= 15 is 0 Å². The summed E-state index contributed by atoms with van der Waals surface area (Å²) in [5.41, 5.74) is -2.53. The zero-order valence-electron chi connectivity index (χ0n) is 22.8. The molecule has 0 amide bonds. The van der Waals surface area contributed by atoms with Crippen molar-refractivity contribution in [1.29, 1.82) is 0 Å². The minimum absolute atomic E-state index is 0.00725. The molecule has 1 aliphatic heterocycles. The molecule has 1 saturated heterocycles. The van der Waals surface area contributed by atoms with Crippen molar-refractivity contribution in [2.45, 2.75) is 98.2 Å². The number of aliphatic hydroxyl groups is 1. The van der Waals surface area contributed by atoms with Gasteiger partial charge in [0.2, 0.25) is 5.78 Å². The molecular weight excluding hydrogens is 460 g/mol. The van der Waals surface area contributed by atoms with Gasteiger partial charge in [0.15, 0.2) is 23.8 Å². The summed E-state index contributed by atoms with van der Waals surface area (Å²) >= 11 is 0. The smallest absolute Gasteiger partial charge is 0.303 e. The highest BCUT2D eigenvalue weighted by Gasteiger charge is 2.82. The number of Topliss-reactive ketones (excluding diaryl/α,β-unsaturated/α-hetero) is 1. The molecule has 4 aliphatic carbocycles. The highest BCUT2D eigenvalue weighted by molar-refractivity contribution is 6.01. The zero-order chi connectivity index (χ0) is 26.7. The third kappa shape index (κ3) is 2.83. The Kier molecular flexibility index (Phi) is 5.29. The van der Waals surface area contributed by atoms with Crippen LogP contribution in [0.25, 0.3) is 0 Å². The minimum Gasteiger partial charge on any atom is -0.458 e. The van der Waals surface area contributed by atoms with Gasteiger partial charge in [-0.2, -0.15) is 0 Å². The number of carbonyl (C=O) groups excluding carboxylic acids is 3. The Morgan fingerprint density at radius 1 is 1.14 bits per heavy atom. The van der Waals surface area contributed by atoms with Crippen LogP contribution in [0.1, 0.15) is 74.7 Å². The second-order valence-corrected chi connectivity index (χ2v) is 13.2. The normalized spacial score (nSPS) is 50.5. The van der Waals surface area contributed by atoms with Gasteiger partial charge in [-0.3, -0.25) is 14.4 Å². The lowest BCUT2D eigenvalue weighted by molar-refractivity contribution is -0.267. The number of hydrogen-bond donors (Lipinski definition) is 1. The van der Waals surface area contributed by atoms with Crippen molar-refractivity contribution in [3.63, 3.8) is 0 Å². The molecule has 3 saturated carbocycles. The zero-order valence-corrected chi connectivity index (χ0v) is 22.8. The Bertz CT molecular complexity index is 1100. The number of aliphatic hydroxyl groups excluding tert-OH is 1. The van der Waals surface area contributed by atoms with Crippen LogP contribution < -0.4 is 0 Å². The molecular formula is C29H40O7. The fourth-order valence-electron chi connectivity index (χ4n) is 9.35. The van der Waals surface area contributed by atoms with Crippen LogP contribution in [0.4, 0.5) is 0 Å². The topological polar surface area (TPSA) is 99.1 Å². The first-order chi connectivity index (χ1) is 16.5. The molecule has 1 N–H and O–H groups in total. The first kappa shape index (κ1) is 25.8. The van der Waals surface area contributed by atoms with Gasteiger partial charge in [0, 0.05) is 23.2 Å². The maximum atomic E-state index is 14.0. The Hall–Kier alpha value is -1.83. The summed E-state index contributed by atoms with van der Waals surface area (Å²) in [7, 11) is 0. The maximum absolute atomic E-state index is 14.0. The van der Waals surface area contributed by atoms with Crippen LogP contribution in [-0.4, -0.2) is 52.8 Å². The van der Waals surface area contributed by atoms with Crippen molar-refractivity contribution in [1.82, 2.24) is 0 Å². The van der Waals surface area contributed by atoms with Crippen LogP contribution in [0.5, 0.6) is 0 Å². The summed E-state index contributed by atoms with van der Waals surface area (Å²) < 4.78 is 18.2. The third-order valence-electron chi connectivity index (χ3n) is 11.3. The summed E-state index contributed by atoms with van der Waals surface area (Å²) in [6, 6.07) is 0. The summed E-state index contributed by atoms with van der Waals surface area (Å²) in [6.45, 7) is 15.3. The van der Waals surface area contributed by atoms with Crippen molar-refractivity contribution in [2.75, 3.05) is 6.61 Å². The molecule has 0 aromatic carbocycles. The number of esters is 1. The number of carbonyl (C=O) groups is 3. The predicted octanol–water partition coefficient (Wildman–Crippen LogP) is 3.92. The van der Waals surface area contributed by atoms with E-state index < -0.39 is 51.2 Å². The van der Waals surface area contributed by atoms with E-state index in [0.29, 0.717) is 12.8 Å². The summed E-state index contributed by atoms with van der Waals surface area (Å²) in [4.78, 5) is 37.9. The molecule has 36 heavy (non-hydrogen) atoms. The van der Waals surface area contributed by atoms with Crippen LogP contribution in [0.15, 0.2) is 23.8 Å². The maximum Gasteiger partial charge on any atom is 0.303 e. The van der Waals surface area contributed by atoms with Gasteiger partial charge in [0.05, 0.1) is 12.2 Å². The lowest BCUT2D eigenvalue weighted by atomic mass is 9.35. The molecule has 0 aromatic rings. The van der Waals surface area contributed by atoms with Crippen LogP contribution in [-0.2, 0) is 28.6 Å². The molecule has 0 spiro atoms. The third-order valence-corrected chi connectivity index (χ3v) is 11.3. The van der Waals surface area contributed by atoms with Gasteiger partial charge >= 0.3 is 5.97 Å². The standard InChI is InChI=1S/C29H40O7/c1-16-11-20-26(6)14-23-29(36-24(3,4)35-23,22(33)15-34-17(2)30)27(26,7)13-21(32)28(20,8)25(5)10-9-18(31)12-19(16)25/h9-10,12,16,20-21,23,32H,11,13-15H2,1-8H3/t16-,20?,21?,23+,25?,26-,27?,28+,29+/m0/s1. The molecule has 7 heteroatoms.